The number of hydrogen-bond donors (Lipinski definition) is 1. The van der Waals surface area contributed by atoms with Crippen molar-refractivity contribution in [1.29, 1.82) is 0 Å². The lowest BCUT2D eigenvalue weighted by Gasteiger charge is -2.26. The molecule has 0 atom stereocenters. The fourth-order valence-electron chi connectivity index (χ4n) is 3.45. The summed E-state index contributed by atoms with van der Waals surface area (Å²) in [7, 11) is -3.74. The molecule has 1 aromatic carbocycles. The van der Waals surface area contributed by atoms with Crippen LogP contribution in [-0.4, -0.2) is 94.4 Å². The molecule has 0 unspecified atom stereocenters. The quantitative estimate of drug-likeness (QED) is 0.173. The number of nitro groups is 2. The first-order valence-corrected chi connectivity index (χ1v) is 12.3. The molecule has 0 spiro atoms. The molecule has 189 valence electrons. The summed E-state index contributed by atoms with van der Waals surface area (Å²) in [5.41, 5.74) is -2.26. The Hall–Kier alpha value is -2.88. The lowest BCUT2D eigenvalue weighted by atomic mass is 10.1. The van der Waals surface area contributed by atoms with Crippen molar-refractivity contribution in [3.05, 3.63) is 44.8 Å². The summed E-state index contributed by atoms with van der Waals surface area (Å²) in [4.78, 5) is 38.0. The molecule has 1 N–H and O–H groups in total. The van der Waals surface area contributed by atoms with E-state index in [1.165, 1.54) is 4.90 Å². The van der Waals surface area contributed by atoms with E-state index >= 15 is 0 Å². The van der Waals surface area contributed by atoms with Gasteiger partial charge in [0, 0.05) is 38.8 Å². The van der Waals surface area contributed by atoms with Crippen LogP contribution >= 0.6 is 0 Å². The maximum atomic E-state index is 12.9. The van der Waals surface area contributed by atoms with Crippen molar-refractivity contribution in [3.63, 3.8) is 0 Å². The third kappa shape index (κ3) is 7.86. The Kier molecular flexibility index (Phi) is 10.1. The molecule has 0 bridgehead atoms. The number of ether oxygens (including phenoxy) is 1. The van der Waals surface area contributed by atoms with Crippen molar-refractivity contribution in [2.75, 3.05) is 70.2 Å². The number of nitrogens with zero attached hydrogens (tertiary/aromatic N) is 4. The van der Waals surface area contributed by atoms with Gasteiger partial charge in [0.1, 0.15) is 5.69 Å². The Morgan fingerprint density at radius 3 is 2.50 bits per heavy atom. The van der Waals surface area contributed by atoms with E-state index in [0.29, 0.717) is 26.2 Å². The molecule has 1 aliphatic rings. The Morgan fingerprint density at radius 2 is 1.94 bits per heavy atom. The second kappa shape index (κ2) is 12.5. The Bertz CT molecular complexity index is 996. The summed E-state index contributed by atoms with van der Waals surface area (Å²) in [5, 5.41) is 26.0. The summed E-state index contributed by atoms with van der Waals surface area (Å²) in [5.74, 6) is -0.946. The minimum atomic E-state index is -3.74. The van der Waals surface area contributed by atoms with Crippen LogP contribution in [0.25, 0.3) is 0 Å². The second-order valence-electron chi connectivity index (χ2n) is 7.42. The number of carbonyl (C=O) groups excluding carboxylic acids is 1. The Morgan fingerprint density at radius 1 is 1.26 bits per heavy atom. The molecule has 1 heterocycles. The van der Waals surface area contributed by atoms with E-state index in [-0.39, 0.29) is 31.9 Å². The van der Waals surface area contributed by atoms with Gasteiger partial charge >= 0.3 is 5.69 Å². The van der Waals surface area contributed by atoms with E-state index in [0.717, 1.165) is 31.5 Å². The van der Waals surface area contributed by atoms with Gasteiger partial charge in [-0.3, -0.25) is 34.1 Å². The number of amides is 1. The summed E-state index contributed by atoms with van der Waals surface area (Å²) < 4.78 is 32.3. The van der Waals surface area contributed by atoms with Crippen molar-refractivity contribution < 1.29 is 32.0 Å². The number of nitro benzene ring substituents is 2. The molecule has 1 aliphatic heterocycles. The molecule has 1 saturated heterocycles. The lowest BCUT2D eigenvalue weighted by molar-refractivity contribution is -0.394. The molecule has 0 saturated carbocycles. The van der Waals surface area contributed by atoms with Crippen LogP contribution in [0.5, 0.6) is 0 Å². The van der Waals surface area contributed by atoms with Gasteiger partial charge in [0.25, 0.3) is 21.7 Å². The van der Waals surface area contributed by atoms with Crippen molar-refractivity contribution >= 4 is 33.1 Å². The molecular weight excluding hydrogens is 474 g/mol. The van der Waals surface area contributed by atoms with Gasteiger partial charge < -0.3 is 15.0 Å². The fraction of sp³-hybridized carbons (Fsp3) is 0.579. The number of hydrogen-bond acceptors (Lipinski definition) is 11. The van der Waals surface area contributed by atoms with Crippen LogP contribution in [0.2, 0.25) is 0 Å². The van der Waals surface area contributed by atoms with Crippen LogP contribution in [0, 0.1) is 27.2 Å². The van der Waals surface area contributed by atoms with Gasteiger partial charge in [-0.25, -0.2) is 0 Å². The predicted octanol–water partition coefficient (Wildman–Crippen LogP) is 0.572. The van der Waals surface area contributed by atoms with Crippen LogP contribution in [0.15, 0.2) is 12.1 Å². The molecule has 15 heteroatoms. The smallest absolute Gasteiger partial charge is 0.312 e. The molecular formula is C19H28N5O9S. The van der Waals surface area contributed by atoms with Crippen LogP contribution < -0.4 is 10.2 Å². The monoisotopic (exact) mass is 502 g/mol. The maximum absolute atomic E-state index is 12.9. The maximum Gasteiger partial charge on any atom is 0.312 e. The molecule has 1 amide bonds. The van der Waals surface area contributed by atoms with E-state index in [4.69, 9.17) is 4.74 Å². The topological polar surface area (TPSA) is 174 Å². The van der Waals surface area contributed by atoms with Gasteiger partial charge in [-0.2, -0.15) is 8.42 Å². The number of benzene rings is 1. The predicted molar refractivity (Wildman–Crippen MR) is 122 cm³/mol. The summed E-state index contributed by atoms with van der Waals surface area (Å²) in [6, 6.07) is 2.14. The highest BCUT2D eigenvalue weighted by molar-refractivity contribution is 7.85. The molecule has 1 fully saturated rings. The second-order valence-corrected chi connectivity index (χ2v) is 9.06. The fourth-order valence-corrected chi connectivity index (χ4v) is 3.83. The van der Waals surface area contributed by atoms with E-state index in [2.05, 4.69) is 21.3 Å². The first-order chi connectivity index (χ1) is 16.0. The number of nitrogens with one attached hydrogen (secondary N) is 1. The highest BCUT2D eigenvalue weighted by atomic mass is 32.2. The van der Waals surface area contributed by atoms with Gasteiger partial charge in [-0.05, 0) is 26.0 Å². The summed E-state index contributed by atoms with van der Waals surface area (Å²) in [6.07, 6.45) is 1.40. The zero-order valence-corrected chi connectivity index (χ0v) is 19.6. The summed E-state index contributed by atoms with van der Waals surface area (Å²) in [6.45, 7) is 6.77. The average molecular weight is 503 g/mol. The van der Waals surface area contributed by atoms with Gasteiger partial charge in [0.2, 0.25) is 0 Å². The molecule has 1 aromatic rings. The van der Waals surface area contributed by atoms with E-state index in [9.17, 15) is 33.4 Å². The average Bonchev–Trinajstić information content (AvgIpc) is 2.78. The zero-order chi connectivity index (χ0) is 25.3. The normalized spacial score (nSPS) is 14.5. The largest absolute Gasteiger partial charge is 0.379 e. The van der Waals surface area contributed by atoms with Gasteiger partial charge in [0.05, 0.1) is 35.9 Å². The molecule has 2 rings (SSSR count). The van der Waals surface area contributed by atoms with Crippen LogP contribution in [0.1, 0.15) is 16.8 Å². The van der Waals surface area contributed by atoms with Crippen molar-refractivity contribution in [2.24, 2.45) is 0 Å². The van der Waals surface area contributed by atoms with Gasteiger partial charge in [0.15, 0.2) is 5.56 Å². The van der Waals surface area contributed by atoms with Crippen molar-refractivity contribution in [1.82, 2.24) is 10.2 Å². The highest BCUT2D eigenvalue weighted by Gasteiger charge is 2.35. The van der Waals surface area contributed by atoms with E-state index < -0.39 is 42.8 Å². The number of carbonyl (C=O) groups is 1. The third-order valence-corrected chi connectivity index (χ3v) is 5.65. The number of morpholine rings is 1. The van der Waals surface area contributed by atoms with Crippen LogP contribution in [-0.2, 0) is 19.0 Å². The molecule has 0 aliphatic carbocycles. The van der Waals surface area contributed by atoms with Gasteiger partial charge in [-0.1, -0.05) is 0 Å². The highest BCUT2D eigenvalue weighted by Crippen LogP contribution is 2.37. The molecule has 14 nitrogen and oxygen atoms in total. The van der Waals surface area contributed by atoms with E-state index in [1.54, 1.807) is 0 Å². The third-order valence-electron chi connectivity index (χ3n) is 5.05. The van der Waals surface area contributed by atoms with Crippen LogP contribution in [0.4, 0.5) is 17.1 Å². The number of anilines is 1. The minimum absolute atomic E-state index is 0.0492. The zero-order valence-electron chi connectivity index (χ0n) is 18.8. The van der Waals surface area contributed by atoms with Crippen molar-refractivity contribution in [3.8, 4) is 0 Å². The van der Waals surface area contributed by atoms with Crippen LogP contribution in [0.3, 0.4) is 0 Å². The molecule has 34 heavy (non-hydrogen) atoms. The first kappa shape index (κ1) is 27.4. The van der Waals surface area contributed by atoms with Gasteiger partial charge in [-0.15, -0.1) is 0 Å². The Balaban J connectivity index is 2.26. The van der Waals surface area contributed by atoms with E-state index in [1.807, 2.05) is 0 Å². The number of rotatable bonds is 13. The van der Waals surface area contributed by atoms with Crippen molar-refractivity contribution in [2.45, 2.75) is 6.42 Å². The molecule has 0 aromatic heterocycles. The standard InChI is InChI=1S/C19H28N5O9S/c1-3-22(11-14-33-34(2,30)31)16-6-5-15(23(26)27)17(18(16)24(28)29)19(25)20-7-4-8-21-9-12-32-13-10-21/h5-6H,1,3-4,7-14H2,2H3,(H,20,25). The summed E-state index contributed by atoms with van der Waals surface area (Å²) >= 11 is 0. The SMILES string of the molecule is [CH2]CN(CCOS(C)(=O)=O)c1ccc([N+](=O)[O-])c(C(=O)NCCCN2CCOCC2)c1[N+](=O)[O-]. The Labute approximate surface area is 197 Å². The molecule has 1 radical (unpaired) electrons. The lowest BCUT2D eigenvalue weighted by Crippen LogP contribution is -2.38. The first-order valence-electron chi connectivity index (χ1n) is 10.5. The minimum Gasteiger partial charge on any atom is -0.379 e.